The first kappa shape index (κ1) is 24.8. The highest BCUT2D eigenvalue weighted by atomic mass is 35.5. The van der Waals surface area contributed by atoms with Crippen molar-refractivity contribution >= 4 is 46.2 Å². The summed E-state index contributed by atoms with van der Waals surface area (Å²) in [6.07, 6.45) is 2.63. The van der Waals surface area contributed by atoms with Crippen molar-refractivity contribution in [2.24, 2.45) is 4.99 Å². The quantitative estimate of drug-likeness (QED) is 0.304. The largest absolute Gasteiger partial charge is 0.493 e. The van der Waals surface area contributed by atoms with Gasteiger partial charge in [-0.2, -0.15) is 0 Å². The molecule has 1 aliphatic heterocycles. The first-order valence-corrected chi connectivity index (χ1v) is 12.3. The van der Waals surface area contributed by atoms with Gasteiger partial charge in [-0.25, -0.2) is 9.38 Å². The molecule has 0 atom stereocenters. The number of benzene rings is 3. The lowest BCUT2D eigenvalue weighted by atomic mass is 10.1. The number of ether oxygens (including phenoxy) is 2. The number of halogens is 2. The van der Waals surface area contributed by atoms with Crippen LogP contribution in [-0.4, -0.2) is 29.6 Å². The number of thioether (sulfide) groups is 1. The van der Waals surface area contributed by atoms with Crippen molar-refractivity contribution in [2.45, 2.75) is 20.0 Å². The van der Waals surface area contributed by atoms with E-state index in [0.29, 0.717) is 33.1 Å². The maximum Gasteiger partial charge on any atom is 0.266 e. The minimum absolute atomic E-state index is 0.0880. The molecule has 0 saturated carbocycles. The van der Waals surface area contributed by atoms with Gasteiger partial charge in [0.1, 0.15) is 12.4 Å². The molecule has 0 aliphatic carbocycles. The van der Waals surface area contributed by atoms with Gasteiger partial charge in [0.05, 0.1) is 17.7 Å². The van der Waals surface area contributed by atoms with Crippen LogP contribution in [-0.2, 0) is 11.4 Å². The molecule has 0 radical (unpaired) electrons. The van der Waals surface area contributed by atoms with E-state index >= 15 is 0 Å². The third kappa shape index (κ3) is 6.24. The fourth-order valence-corrected chi connectivity index (χ4v) is 4.62. The third-order valence-corrected chi connectivity index (χ3v) is 6.41. The molecule has 0 spiro atoms. The number of hydrogen-bond acceptors (Lipinski definition) is 5. The number of aliphatic imine (C=N–C) groups is 1. The van der Waals surface area contributed by atoms with Gasteiger partial charge in [-0.1, -0.05) is 36.7 Å². The Morgan fingerprint density at radius 3 is 2.60 bits per heavy atom. The summed E-state index contributed by atoms with van der Waals surface area (Å²) in [5.74, 6) is 0.651. The van der Waals surface area contributed by atoms with Gasteiger partial charge in [0, 0.05) is 11.6 Å². The molecule has 1 saturated heterocycles. The monoisotopic (exact) mass is 510 g/mol. The topological polar surface area (TPSA) is 51.1 Å². The summed E-state index contributed by atoms with van der Waals surface area (Å²) in [5.41, 5.74) is 2.24. The van der Waals surface area contributed by atoms with Crippen molar-refractivity contribution in [2.75, 3.05) is 13.7 Å². The van der Waals surface area contributed by atoms with Gasteiger partial charge in [-0.05, 0) is 83.9 Å². The van der Waals surface area contributed by atoms with Gasteiger partial charge in [0.2, 0.25) is 0 Å². The lowest BCUT2D eigenvalue weighted by Gasteiger charge is -2.14. The van der Waals surface area contributed by atoms with Crippen LogP contribution in [0.3, 0.4) is 0 Å². The Labute approximate surface area is 213 Å². The number of hydrogen-bond donors (Lipinski definition) is 0. The van der Waals surface area contributed by atoms with Crippen LogP contribution in [0.5, 0.6) is 11.5 Å². The molecule has 8 heteroatoms. The predicted octanol–water partition coefficient (Wildman–Crippen LogP) is 7.08. The minimum Gasteiger partial charge on any atom is -0.493 e. The Morgan fingerprint density at radius 2 is 1.89 bits per heavy atom. The number of amides is 1. The molecule has 180 valence electrons. The standard InChI is InChI=1S/C27H24ClFN2O3S/c1-3-13-31-26(32)25(35-27(31)30-22-10-8-20(28)9-11-22)16-18-7-12-23(24(15-18)33-2)34-17-19-5-4-6-21(29)14-19/h4-12,14-16H,3,13,17H2,1-2H3/b25-16-,30-27?. The Morgan fingerprint density at radius 1 is 1.09 bits per heavy atom. The van der Waals surface area contributed by atoms with Crippen LogP contribution in [0.2, 0.25) is 5.02 Å². The highest BCUT2D eigenvalue weighted by Crippen LogP contribution is 2.36. The summed E-state index contributed by atoms with van der Waals surface area (Å²) in [6, 6.07) is 18.9. The molecular formula is C27H24ClFN2O3S. The molecular weight excluding hydrogens is 487 g/mol. The Bertz CT molecular complexity index is 1280. The van der Waals surface area contributed by atoms with Crippen LogP contribution in [0.15, 0.2) is 76.6 Å². The highest BCUT2D eigenvalue weighted by Gasteiger charge is 2.32. The van der Waals surface area contributed by atoms with Gasteiger partial charge in [0.15, 0.2) is 16.7 Å². The van der Waals surface area contributed by atoms with Crippen LogP contribution >= 0.6 is 23.4 Å². The van der Waals surface area contributed by atoms with Crippen molar-refractivity contribution in [1.82, 2.24) is 4.90 Å². The van der Waals surface area contributed by atoms with Gasteiger partial charge >= 0.3 is 0 Å². The van der Waals surface area contributed by atoms with E-state index in [1.807, 2.05) is 31.2 Å². The zero-order valence-electron chi connectivity index (χ0n) is 19.3. The summed E-state index contributed by atoms with van der Waals surface area (Å²) < 4.78 is 24.8. The molecule has 35 heavy (non-hydrogen) atoms. The summed E-state index contributed by atoms with van der Waals surface area (Å²) in [6.45, 7) is 2.80. The average Bonchev–Trinajstić information content (AvgIpc) is 3.13. The van der Waals surface area contributed by atoms with Crippen LogP contribution in [0.4, 0.5) is 10.1 Å². The normalized spacial score (nSPS) is 15.8. The van der Waals surface area contributed by atoms with E-state index < -0.39 is 0 Å². The molecule has 3 aromatic carbocycles. The van der Waals surface area contributed by atoms with E-state index in [1.54, 1.807) is 48.4 Å². The van der Waals surface area contributed by atoms with Gasteiger partial charge in [0.25, 0.3) is 5.91 Å². The van der Waals surface area contributed by atoms with Gasteiger partial charge < -0.3 is 9.47 Å². The second-order valence-corrected chi connectivity index (χ2v) is 9.21. The second kappa shape index (κ2) is 11.4. The minimum atomic E-state index is -0.310. The van der Waals surface area contributed by atoms with E-state index in [4.69, 9.17) is 21.1 Å². The van der Waals surface area contributed by atoms with Gasteiger partial charge in [-0.15, -0.1) is 0 Å². The zero-order valence-corrected chi connectivity index (χ0v) is 20.9. The van der Waals surface area contributed by atoms with Gasteiger partial charge in [-0.3, -0.25) is 9.69 Å². The number of amidine groups is 1. The Hall–Kier alpha value is -3.29. The van der Waals surface area contributed by atoms with Crippen molar-refractivity contribution in [3.63, 3.8) is 0 Å². The van der Waals surface area contributed by atoms with Crippen LogP contribution < -0.4 is 9.47 Å². The summed E-state index contributed by atoms with van der Waals surface area (Å²) in [4.78, 5) is 20.0. The molecule has 5 nitrogen and oxygen atoms in total. The first-order valence-electron chi connectivity index (χ1n) is 11.1. The first-order chi connectivity index (χ1) is 17.0. The average molecular weight is 511 g/mol. The molecule has 0 bridgehead atoms. The van der Waals surface area contributed by atoms with E-state index in [-0.39, 0.29) is 18.3 Å². The second-order valence-electron chi connectivity index (χ2n) is 7.77. The van der Waals surface area contributed by atoms with Crippen molar-refractivity contribution in [3.05, 3.63) is 93.6 Å². The fourth-order valence-electron chi connectivity index (χ4n) is 3.47. The number of methoxy groups -OCH3 is 1. The molecule has 1 amide bonds. The number of rotatable bonds is 8. The number of carbonyl (C=O) groups is 1. The molecule has 1 aliphatic rings. The van der Waals surface area contributed by atoms with E-state index in [9.17, 15) is 9.18 Å². The van der Waals surface area contributed by atoms with E-state index in [1.165, 1.54) is 23.9 Å². The third-order valence-electron chi connectivity index (χ3n) is 5.16. The Kier molecular flexibility index (Phi) is 8.10. The summed E-state index contributed by atoms with van der Waals surface area (Å²) >= 11 is 7.31. The molecule has 3 aromatic rings. The maximum atomic E-state index is 13.4. The lowest BCUT2D eigenvalue weighted by Crippen LogP contribution is -2.29. The Balaban J connectivity index is 1.55. The molecule has 4 rings (SSSR count). The lowest BCUT2D eigenvalue weighted by molar-refractivity contribution is -0.122. The predicted molar refractivity (Wildman–Crippen MR) is 140 cm³/mol. The molecule has 0 aromatic heterocycles. The highest BCUT2D eigenvalue weighted by molar-refractivity contribution is 8.18. The van der Waals surface area contributed by atoms with Crippen molar-refractivity contribution in [1.29, 1.82) is 0 Å². The van der Waals surface area contributed by atoms with E-state index in [2.05, 4.69) is 4.99 Å². The van der Waals surface area contributed by atoms with Crippen LogP contribution in [0.1, 0.15) is 24.5 Å². The summed E-state index contributed by atoms with van der Waals surface area (Å²) in [5, 5.41) is 1.26. The SMILES string of the molecule is CCCN1C(=O)/C(=C/c2ccc(OCc3cccc(F)c3)c(OC)c2)SC1=Nc1ccc(Cl)cc1. The molecule has 0 N–H and O–H groups in total. The van der Waals surface area contributed by atoms with Crippen molar-refractivity contribution in [3.8, 4) is 11.5 Å². The molecule has 1 fully saturated rings. The smallest absolute Gasteiger partial charge is 0.266 e. The molecule has 0 unspecified atom stereocenters. The van der Waals surface area contributed by atoms with Crippen LogP contribution in [0, 0.1) is 5.82 Å². The van der Waals surface area contributed by atoms with Crippen LogP contribution in [0.25, 0.3) is 6.08 Å². The van der Waals surface area contributed by atoms with Crippen molar-refractivity contribution < 1.29 is 18.7 Å². The fraction of sp³-hybridized carbons (Fsp3) is 0.185. The number of nitrogens with zero attached hydrogens (tertiary/aromatic N) is 2. The number of carbonyl (C=O) groups excluding carboxylic acids is 1. The molecule has 1 heterocycles. The van der Waals surface area contributed by atoms with E-state index in [0.717, 1.165) is 23.2 Å². The zero-order chi connectivity index (χ0) is 24.8. The summed E-state index contributed by atoms with van der Waals surface area (Å²) in [7, 11) is 1.55. The maximum absolute atomic E-state index is 13.4.